The van der Waals surface area contributed by atoms with E-state index in [0.717, 1.165) is 38.7 Å². The molecular weight excluding hydrogens is 300 g/mol. The van der Waals surface area contributed by atoms with Crippen molar-refractivity contribution in [2.45, 2.75) is 58.2 Å². The SMILES string of the molecule is CCCCCC(=O)OCCOCCOCCOC1CCCCO1. The van der Waals surface area contributed by atoms with Crippen molar-refractivity contribution in [3.8, 4) is 0 Å². The first-order valence-corrected chi connectivity index (χ1v) is 8.87. The smallest absolute Gasteiger partial charge is 0.305 e. The van der Waals surface area contributed by atoms with Gasteiger partial charge in [-0.15, -0.1) is 0 Å². The molecule has 23 heavy (non-hydrogen) atoms. The Morgan fingerprint density at radius 2 is 1.74 bits per heavy atom. The van der Waals surface area contributed by atoms with Gasteiger partial charge in [0.1, 0.15) is 6.61 Å². The topological polar surface area (TPSA) is 63.2 Å². The molecule has 1 unspecified atom stereocenters. The predicted octanol–water partition coefficient (Wildman–Crippen LogP) is 2.69. The lowest BCUT2D eigenvalue weighted by Crippen LogP contribution is -2.24. The lowest BCUT2D eigenvalue weighted by molar-refractivity contribution is -0.169. The van der Waals surface area contributed by atoms with Crippen LogP contribution in [0.5, 0.6) is 0 Å². The number of unbranched alkanes of at least 4 members (excludes halogenated alkanes) is 2. The Morgan fingerprint density at radius 3 is 2.43 bits per heavy atom. The molecule has 0 aromatic carbocycles. The Morgan fingerprint density at radius 1 is 1.00 bits per heavy atom. The van der Waals surface area contributed by atoms with E-state index in [0.29, 0.717) is 46.1 Å². The second-order valence-corrected chi connectivity index (χ2v) is 5.57. The molecule has 0 aromatic rings. The summed E-state index contributed by atoms with van der Waals surface area (Å²) >= 11 is 0. The summed E-state index contributed by atoms with van der Waals surface area (Å²) in [6.07, 6.45) is 6.79. The molecule has 1 aliphatic heterocycles. The van der Waals surface area contributed by atoms with E-state index in [9.17, 15) is 4.79 Å². The fourth-order valence-electron chi connectivity index (χ4n) is 2.21. The predicted molar refractivity (Wildman–Crippen MR) is 86.3 cm³/mol. The van der Waals surface area contributed by atoms with Crippen molar-refractivity contribution in [2.75, 3.05) is 46.2 Å². The zero-order valence-electron chi connectivity index (χ0n) is 14.4. The summed E-state index contributed by atoms with van der Waals surface area (Å²) in [7, 11) is 0. The summed E-state index contributed by atoms with van der Waals surface area (Å²) in [6, 6.07) is 0. The highest BCUT2D eigenvalue weighted by Crippen LogP contribution is 2.13. The van der Waals surface area contributed by atoms with E-state index < -0.39 is 0 Å². The number of esters is 1. The van der Waals surface area contributed by atoms with Crippen LogP contribution in [0.25, 0.3) is 0 Å². The van der Waals surface area contributed by atoms with E-state index >= 15 is 0 Å². The van der Waals surface area contributed by atoms with E-state index in [1.165, 1.54) is 6.42 Å². The Kier molecular flexibility index (Phi) is 13.2. The molecule has 0 aromatic heterocycles. The number of hydrogen-bond donors (Lipinski definition) is 0. The zero-order chi connectivity index (χ0) is 16.6. The second-order valence-electron chi connectivity index (χ2n) is 5.57. The largest absolute Gasteiger partial charge is 0.463 e. The van der Waals surface area contributed by atoms with Crippen LogP contribution < -0.4 is 0 Å². The average molecular weight is 332 g/mol. The summed E-state index contributed by atoms with van der Waals surface area (Å²) in [6.45, 7) is 5.71. The van der Waals surface area contributed by atoms with Gasteiger partial charge in [0.25, 0.3) is 0 Å². The molecule has 0 radical (unpaired) electrons. The van der Waals surface area contributed by atoms with Crippen LogP contribution in [0.4, 0.5) is 0 Å². The molecule has 1 saturated heterocycles. The van der Waals surface area contributed by atoms with Gasteiger partial charge < -0.3 is 23.7 Å². The first-order valence-electron chi connectivity index (χ1n) is 8.87. The van der Waals surface area contributed by atoms with Crippen molar-refractivity contribution in [1.82, 2.24) is 0 Å². The Bertz CT molecular complexity index is 278. The van der Waals surface area contributed by atoms with Gasteiger partial charge in [0.2, 0.25) is 0 Å². The van der Waals surface area contributed by atoms with Gasteiger partial charge in [-0.05, 0) is 25.7 Å². The Labute approximate surface area is 139 Å². The minimum atomic E-state index is -0.139. The molecule has 1 aliphatic rings. The third kappa shape index (κ3) is 12.4. The summed E-state index contributed by atoms with van der Waals surface area (Å²) in [5, 5.41) is 0. The number of rotatable bonds is 14. The molecule has 1 atom stereocenters. The van der Waals surface area contributed by atoms with E-state index in [1.807, 2.05) is 0 Å². The lowest BCUT2D eigenvalue weighted by Gasteiger charge is -2.22. The van der Waals surface area contributed by atoms with Crippen molar-refractivity contribution in [3.05, 3.63) is 0 Å². The van der Waals surface area contributed by atoms with Crippen LogP contribution in [0.2, 0.25) is 0 Å². The number of carbonyl (C=O) groups is 1. The molecular formula is C17H32O6. The normalized spacial score (nSPS) is 18.0. The molecule has 0 bridgehead atoms. The molecule has 136 valence electrons. The summed E-state index contributed by atoms with van der Waals surface area (Å²) < 4.78 is 26.8. The van der Waals surface area contributed by atoms with Gasteiger partial charge in [0.05, 0.1) is 33.0 Å². The van der Waals surface area contributed by atoms with Crippen LogP contribution >= 0.6 is 0 Å². The van der Waals surface area contributed by atoms with E-state index in [4.69, 9.17) is 23.7 Å². The highest BCUT2D eigenvalue weighted by atomic mass is 16.7. The number of hydrogen-bond acceptors (Lipinski definition) is 6. The van der Waals surface area contributed by atoms with Crippen LogP contribution in [0.1, 0.15) is 51.9 Å². The third-order valence-corrected chi connectivity index (χ3v) is 3.52. The van der Waals surface area contributed by atoms with Gasteiger partial charge in [-0.2, -0.15) is 0 Å². The quantitative estimate of drug-likeness (QED) is 0.360. The fraction of sp³-hybridized carbons (Fsp3) is 0.941. The van der Waals surface area contributed by atoms with Gasteiger partial charge >= 0.3 is 5.97 Å². The second kappa shape index (κ2) is 14.9. The number of ether oxygens (including phenoxy) is 5. The molecule has 1 fully saturated rings. The van der Waals surface area contributed by atoms with Crippen molar-refractivity contribution >= 4 is 5.97 Å². The van der Waals surface area contributed by atoms with E-state index in [1.54, 1.807) is 0 Å². The minimum absolute atomic E-state index is 0.0596. The minimum Gasteiger partial charge on any atom is -0.463 e. The average Bonchev–Trinajstić information content (AvgIpc) is 2.58. The van der Waals surface area contributed by atoms with Crippen molar-refractivity contribution < 1.29 is 28.5 Å². The zero-order valence-corrected chi connectivity index (χ0v) is 14.4. The molecule has 0 aliphatic carbocycles. The molecule has 0 saturated carbocycles. The van der Waals surface area contributed by atoms with Gasteiger partial charge in [-0.3, -0.25) is 4.79 Å². The maximum absolute atomic E-state index is 11.3. The first kappa shape index (κ1) is 20.4. The Balaban J connectivity index is 1.75. The highest BCUT2D eigenvalue weighted by Gasteiger charge is 2.13. The monoisotopic (exact) mass is 332 g/mol. The maximum Gasteiger partial charge on any atom is 0.305 e. The maximum atomic E-state index is 11.3. The van der Waals surface area contributed by atoms with E-state index in [2.05, 4.69) is 6.92 Å². The summed E-state index contributed by atoms with van der Waals surface area (Å²) in [5.41, 5.74) is 0. The third-order valence-electron chi connectivity index (χ3n) is 3.52. The molecule has 1 heterocycles. The number of carbonyl (C=O) groups excluding carboxylic acids is 1. The standard InChI is InChI=1S/C17H32O6/c1-2-3-4-7-16(18)21-14-12-19-10-11-20-13-15-23-17-8-5-6-9-22-17/h17H,2-15H2,1H3. The molecule has 6 heteroatoms. The van der Waals surface area contributed by atoms with Crippen molar-refractivity contribution in [3.63, 3.8) is 0 Å². The van der Waals surface area contributed by atoms with Crippen LogP contribution in [-0.2, 0) is 28.5 Å². The summed E-state index contributed by atoms with van der Waals surface area (Å²) in [5.74, 6) is -0.139. The molecule has 0 N–H and O–H groups in total. The first-order chi connectivity index (χ1) is 11.3. The molecule has 0 spiro atoms. The van der Waals surface area contributed by atoms with Gasteiger partial charge in [0.15, 0.2) is 6.29 Å². The van der Waals surface area contributed by atoms with Gasteiger partial charge in [-0.1, -0.05) is 19.8 Å². The Hall–Kier alpha value is -0.690. The lowest BCUT2D eigenvalue weighted by atomic mass is 10.2. The summed E-state index contributed by atoms with van der Waals surface area (Å²) in [4.78, 5) is 11.3. The fourth-order valence-corrected chi connectivity index (χ4v) is 2.21. The van der Waals surface area contributed by atoms with Crippen LogP contribution in [0.3, 0.4) is 0 Å². The van der Waals surface area contributed by atoms with Gasteiger partial charge in [0, 0.05) is 13.0 Å². The highest BCUT2D eigenvalue weighted by molar-refractivity contribution is 5.69. The van der Waals surface area contributed by atoms with Crippen molar-refractivity contribution in [1.29, 1.82) is 0 Å². The molecule has 1 rings (SSSR count). The van der Waals surface area contributed by atoms with Crippen LogP contribution in [0, 0.1) is 0 Å². The van der Waals surface area contributed by atoms with Crippen molar-refractivity contribution in [2.24, 2.45) is 0 Å². The van der Waals surface area contributed by atoms with Crippen LogP contribution in [-0.4, -0.2) is 58.5 Å². The molecule has 0 amide bonds. The van der Waals surface area contributed by atoms with Gasteiger partial charge in [-0.25, -0.2) is 0 Å². The molecule has 6 nitrogen and oxygen atoms in total. The van der Waals surface area contributed by atoms with Crippen LogP contribution in [0.15, 0.2) is 0 Å². The van der Waals surface area contributed by atoms with E-state index in [-0.39, 0.29) is 12.3 Å².